The Morgan fingerprint density at radius 3 is 2.53 bits per heavy atom. The number of carbonyl (C=O) groups excluding carboxylic acids is 1. The SMILES string of the molecule is CCCC(C)(NC(=O)c1ccc(C)c(Cl)c1)C(=O)O. The van der Waals surface area contributed by atoms with Gasteiger partial charge in [0.05, 0.1) is 0 Å². The Hall–Kier alpha value is -1.55. The highest BCUT2D eigenvalue weighted by Crippen LogP contribution is 2.18. The van der Waals surface area contributed by atoms with Crippen LogP contribution in [0.2, 0.25) is 5.02 Å². The van der Waals surface area contributed by atoms with Crippen LogP contribution in [-0.4, -0.2) is 22.5 Å². The van der Waals surface area contributed by atoms with Gasteiger partial charge in [-0.2, -0.15) is 0 Å². The lowest BCUT2D eigenvalue weighted by Crippen LogP contribution is -2.52. The Bertz CT molecular complexity index is 501. The molecule has 0 bridgehead atoms. The van der Waals surface area contributed by atoms with Crippen molar-refractivity contribution in [3.63, 3.8) is 0 Å². The third kappa shape index (κ3) is 3.70. The van der Waals surface area contributed by atoms with E-state index in [0.29, 0.717) is 23.4 Å². The first kappa shape index (κ1) is 15.5. The van der Waals surface area contributed by atoms with Crippen molar-refractivity contribution in [3.05, 3.63) is 34.3 Å². The number of aliphatic carboxylic acids is 1. The summed E-state index contributed by atoms with van der Waals surface area (Å²) in [6.07, 6.45) is 1.03. The van der Waals surface area contributed by atoms with Crippen LogP contribution in [0.5, 0.6) is 0 Å². The third-order valence-corrected chi connectivity index (χ3v) is 3.45. The number of hydrogen-bond acceptors (Lipinski definition) is 2. The first-order valence-corrected chi connectivity index (χ1v) is 6.50. The minimum atomic E-state index is -1.26. The molecule has 0 spiro atoms. The summed E-state index contributed by atoms with van der Waals surface area (Å²) in [5.74, 6) is -1.47. The van der Waals surface area contributed by atoms with Gasteiger partial charge in [0.1, 0.15) is 5.54 Å². The Labute approximate surface area is 117 Å². The van der Waals surface area contributed by atoms with E-state index in [-0.39, 0.29) is 0 Å². The topological polar surface area (TPSA) is 66.4 Å². The van der Waals surface area contributed by atoms with Gasteiger partial charge in [-0.25, -0.2) is 4.79 Å². The van der Waals surface area contributed by atoms with Crippen LogP contribution in [0.25, 0.3) is 0 Å². The smallest absolute Gasteiger partial charge is 0.329 e. The minimum absolute atomic E-state index is 0.360. The van der Waals surface area contributed by atoms with Gasteiger partial charge in [-0.1, -0.05) is 31.0 Å². The average molecular weight is 284 g/mol. The molecule has 1 atom stereocenters. The van der Waals surface area contributed by atoms with Crippen molar-refractivity contribution in [2.45, 2.75) is 39.2 Å². The number of hydrogen-bond donors (Lipinski definition) is 2. The Kier molecular flexibility index (Phi) is 4.95. The molecule has 1 aromatic carbocycles. The third-order valence-electron chi connectivity index (χ3n) is 3.05. The Balaban J connectivity index is 2.94. The molecule has 0 fully saturated rings. The predicted octanol–water partition coefficient (Wildman–Crippen LogP) is 3.02. The van der Waals surface area contributed by atoms with Gasteiger partial charge >= 0.3 is 5.97 Å². The van der Waals surface area contributed by atoms with E-state index in [1.165, 1.54) is 6.92 Å². The quantitative estimate of drug-likeness (QED) is 0.873. The van der Waals surface area contributed by atoms with E-state index in [9.17, 15) is 14.7 Å². The minimum Gasteiger partial charge on any atom is -0.480 e. The van der Waals surface area contributed by atoms with Crippen LogP contribution in [0, 0.1) is 6.92 Å². The molecule has 1 amide bonds. The highest BCUT2D eigenvalue weighted by Gasteiger charge is 2.34. The van der Waals surface area contributed by atoms with Crippen LogP contribution < -0.4 is 5.32 Å². The van der Waals surface area contributed by atoms with E-state index in [1.807, 2.05) is 13.8 Å². The largest absolute Gasteiger partial charge is 0.480 e. The van der Waals surface area contributed by atoms with Crippen molar-refractivity contribution >= 4 is 23.5 Å². The normalized spacial score (nSPS) is 13.7. The molecule has 1 unspecified atom stereocenters. The van der Waals surface area contributed by atoms with Crippen molar-refractivity contribution in [1.82, 2.24) is 5.32 Å². The van der Waals surface area contributed by atoms with Gasteiger partial charge in [0.15, 0.2) is 0 Å². The molecule has 0 radical (unpaired) electrons. The highest BCUT2D eigenvalue weighted by molar-refractivity contribution is 6.31. The second-order valence-electron chi connectivity index (χ2n) is 4.81. The molecule has 104 valence electrons. The first-order chi connectivity index (χ1) is 8.80. The van der Waals surface area contributed by atoms with Crippen LogP contribution in [-0.2, 0) is 4.79 Å². The number of carboxylic acid groups (broad SMARTS) is 1. The molecule has 0 aliphatic heterocycles. The molecule has 4 nitrogen and oxygen atoms in total. The van der Waals surface area contributed by atoms with Gasteiger partial charge in [-0.15, -0.1) is 0 Å². The number of amides is 1. The molecule has 0 aliphatic carbocycles. The fraction of sp³-hybridized carbons (Fsp3) is 0.429. The number of carbonyl (C=O) groups is 2. The van der Waals surface area contributed by atoms with Crippen molar-refractivity contribution < 1.29 is 14.7 Å². The van der Waals surface area contributed by atoms with E-state index in [4.69, 9.17) is 11.6 Å². The number of benzene rings is 1. The van der Waals surface area contributed by atoms with Crippen molar-refractivity contribution in [1.29, 1.82) is 0 Å². The monoisotopic (exact) mass is 283 g/mol. The summed E-state index contributed by atoms with van der Waals surface area (Å²) in [5.41, 5.74) is -0.0321. The second-order valence-corrected chi connectivity index (χ2v) is 5.21. The molecular weight excluding hydrogens is 266 g/mol. The molecule has 19 heavy (non-hydrogen) atoms. The Morgan fingerprint density at radius 1 is 1.42 bits per heavy atom. The van der Waals surface area contributed by atoms with E-state index in [2.05, 4.69) is 5.32 Å². The summed E-state index contributed by atoms with van der Waals surface area (Å²) >= 11 is 5.96. The lowest BCUT2D eigenvalue weighted by molar-refractivity contribution is -0.144. The number of carboxylic acids is 1. The molecule has 0 heterocycles. The average Bonchev–Trinajstić information content (AvgIpc) is 2.32. The fourth-order valence-electron chi connectivity index (χ4n) is 1.78. The molecule has 2 N–H and O–H groups in total. The van der Waals surface area contributed by atoms with Crippen molar-refractivity contribution in [2.75, 3.05) is 0 Å². The Morgan fingerprint density at radius 2 is 2.05 bits per heavy atom. The molecule has 1 aromatic rings. The van der Waals surface area contributed by atoms with Crippen LogP contribution >= 0.6 is 11.6 Å². The summed E-state index contributed by atoms with van der Waals surface area (Å²) in [5, 5.41) is 12.3. The second kappa shape index (κ2) is 6.06. The molecule has 5 heteroatoms. The van der Waals surface area contributed by atoms with Gasteiger partial charge in [-0.05, 0) is 38.0 Å². The molecule has 0 aliphatic rings. The summed E-state index contributed by atoms with van der Waals surface area (Å²) < 4.78 is 0. The van der Waals surface area contributed by atoms with E-state index in [0.717, 1.165) is 5.56 Å². The molecule has 0 saturated heterocycles. The highest BCUT2D eigenvalue weighted by atomic mass is 35.5. The first-order valence-electron chi connectivity index (χ1n) is 6.12. The number of aryl methyl sites for hydroxylation is 1. The summed E-state index contributed by atoms with van der Waals surface area (Å²) in [6.45, 7) is 5.21. The number of rotatable bonds is 5. The maximum Gasteiger partial charge on any atom is 0.329 e. The lowest BCUT2D eigenvalue weighted by Gasteiger charge is -2.25. The molecule has 1 rings (SSSR count). The molecular formula is C14H18ClNO3. The van der Waals surface area contributed by atoms with Crippen LogP contribution in [0.1, 0.15) is 42.6 Å². The summed E-state index contributed by atoms with van der Waals surface area (Å²) in [4.78, 5) is 23.3. The van der Waals surface area contributed by atoms with Crippen molar-refractivity contribution in [2.24, 2.45) is 0 Å². The number of nitrogens with one attached hydrogen (secondary N) is 1. The molecule has 0 aromatic heterocycles. The maximum absolute atomic E-state index is 12.1. The standard InChI is InChI=1S/C14H18ClNO3/c1-4-7-14(3,13(18)19)16-12(17)10-6-5-9(2)11(15)8-10/h5-6,8H,4,7H2,1-3H3,(H,16,17)(H,18,19). The van der Waals surface area contributed by atoms with E-state index >= 15 is 0 Å². The van der Waals surface area contributed by atoms with Gasteiger partial charge < -0.3 is 10.4 Å². The number of halogens is 1. The van der Waals surface area contributed by atoms with Gasteiger partial charge in [0.2, 0.25) is 0 Å². The van der Waals surface area contributed by atoms with Crippen LogP contribution in [0.3, 0.4) is 0 Å². The van der Waals surface area contributed by atoms with Crippen molar-refractivity contribution in [3.8, 4) is 0 Å². The van der Waals surface area contributed by atoms with Gasteiger partial charge in [0.25, 0.3) is 5.91 Å². The lowest BCUT2D eigenvalue weighted by atomic mass is 9.95. The van der Waals surface area contributed by atoms with Crippen LogP contribution in [0.4, 0.5) is 0 Å². The molecule has 0 saturated carbocycles. The van der Waals surface area contributed by atoms with Gasteiger partial charge in [-0.3, -0.25) is 4.79 Å². The zero-order chi connectivity index (χ0) is 14.6. The maximum atomic E-state index is 12.1. The van der Waals surface area contributed by atoms with Crippen LogP contribution in [0.15, 0.2) is 18.2 Å². The van der Waals surface area contributed by atoms with Gasteiger partial charge in [0, 0.05) is 10.6 Å². The predicted molar refractivity (Wildman–Crippen MR) is 74.6 cm³/mol. The van der Waals surface area contributed by atoms with E-state index in [1.54, 1.807) is 18.2 Å². The van der Waals surface area contributed by atoms with E-state index < -0.39 is 17.4 Å². The zero-order valence-electron chi connectivity index (χ0n) is 11.3. The fourth-order valence-corrected chi connectivity index (χ4v) is 1.96. The summed E-state index contributed by atoms with van der Waals surface area (Å²) in [6, 6.07) is 4.90. The summed E-state index contributed by atoms with van der Waals surface area (Å²) in [7, 11) is 0. The zero-order valence-corrected chi connectivity index (χ0v) is 12.0.